The monoisotopic (exact) mass is 283 g/mol. The lowest BCUT2D eigenvalue weighted by Gasteiger charge is -2.32. The van der Waals surface area contributed by atoms with Crippen molar-refractivity contribution in [3.63, 3.8) is 0 Å². The van der Waals surface area contributed by atoms with Crippen molar-refractivity contribution in [3.05, 3.63) is 21.9 Å². The molecule has 0 radical (unpaired) electrons. The Morgan fingerprint density at radius 3 is 2.84 bits per heavy atom. The fourth-order valence-corrected chi connectivity index (χ4v) is 3.03. The molecule has 1 aromatic rings. The van der Waals surface area contributed by atoms with Crippen LogP contribution in [-0.4, -0.2) is 47.7 Å². The zero-order chi connectivity index (χ0) is 13.8. The number of carboxylic acid groups (broad SMARTS) is 1. The molecule has 5 nitrogen and oxygen atoms in total. The molecule has 0 saturated carbocycles. The second-order valence-corrected chi connectivity index (χ2v) is 5.52. The molecule has 19 heavy (non-hydrogen) atoms. The Kier molecular flexibility index (Phi) is 4.55. The van der Waals surface area contributed by atoms with E-state index in [0.717, 1.165) is 24.2 Å². The van der Waals surface area contributed by atoms with E-state index in [1.807, 2.05) is 6.92 Å². The average Bonchev–Trinajstić information content (AvgIpc) is 2.88. The van der Waals surface area contributed by atoms with Gasteiger partial charge in [0.15, 0.2) is 0 Å². The van der Waals surface area contributed by atoms with Gasteiger partial charge in [-0.05, 0) is 31.9 Å². The van der Waals surface area contributed by atoms with Crippen LogP contribution in [0.4, 0.5) is 0 Å². The van der Waals surface area contributed by atoms with Crippen molar-refractivity contribution >= 4 is 23.2 Å². The van der Waals surface area contributed by atoms with Crippen LogP contribution in [0.2, 0.25) is 0 Å². The number of thiophene rings is 1. The summed E-state index contributed by atoms with van der Waals surface area (Å²) in [6.07, 6.45) is 2.00. The summed E-state index contributed by atoms with van der Waals surface area (Å²) in [5, 5.41) is 8.87. The number of hydrogen-bond acceptors (Lipinski definition) is 4. The minimum atomic E-state index is -0.991. The summed E-state index contributed by atoms with van der Waals surface area (Å²) in [7, 11) is 0. The highest BCUT2D eigenvalue weighted by atomic mass is 32.1. The highest BCUT2D eigenvalue weighted by molar-refractivity contribution is 7.15. The Hall–Kier alpha value is -1.40. The second kappa shape index (κ2) is 6.16. The van der Waals surface area contributed by atoms with Crippen LogP contribution in [0.25, 0.3) is 0 Å². The zero-order valence-corrected chi connectivity index (χ0v) is 11.6. The summed E-state index contributed by atoms with van der Waals surface area (Å²) in [6, 6.07) is 3.06. The highest BCUT2D eigenvalue weighted by Gasteiger charge is 2.26. The molecule has 0 spiro atoms. The average molecular weight is 283 g/mol. The quantitative estimate of drug-likeness (QED) is 0.918. The molecule has 1 aromatic heterocycles. The van der Waals surface area contributed by atoms with Crippen LogP contribution in [0.5, 0.6) is 0 Å². The third kappa shape index (κ3) is 3.33. The van der Waals surface area contributed by atoms with Gasteiger partial charge >= 0.3 is 5.97 Å². The van der Waals surface area contributed by atoms with Crippen LogP contribution in [0.1, 0.15) is 39.1 Å². The molecule has 0 bridgehead atoms. The third-order valence-corrected chi connectivity index (χ3v) is 4.16. The van der Waals surface area contributed by atoms with E-state index >= 15 is 0 Å². The minimum Gasteiger partial charge on any atom is -0.477 e. The van der Waals surface area contributed by atoms with Gasteiger partial charge in [0.05, 0.1) is 11.0 Å². The smallest absolute Gasteiger partial charge is 0.345 e. The second-order valence-electron chi connectivity index (χ2n) is 4.44. The molecule has 1 saturated heterocycles. The lowest BCUT2D eigenvalue weighted by Crippen LogP contribution is -2.43. The molecule has 1 unspecified atom stereocenters. The Morgan fingerprint density at radius 2 is 2.21 bits per heavy atom. The minimum absolute atomic E-state index is 0.0955. The van der Waals surface area contributed by atoms with E-state index in [0.29, 0.717) is 24.6 Å². The van der Waals surface area contributed by atoms with Crippen molar-refractivity contribution in [2.45, 2.75) is 25.9 Å². The lowest BCUT2D eigenvalue weighted by molar-refractivity contribution is 0.00742. The normalized spacial score (nSPS) is 19.4. The first-order valence-corrected chi connectivity index (χ1v) is 7.17. The lowest BCUT2D eigenvalue weighted by atomic mass is 10.1. The molecule has 0 aliphatic carbocycles. The zero-order valence-electron chi connectivity index (χ0n) is 10.8. The van der Waals surface area contributed by atoms with E-state index in [1.165, 1.54) is 6.07 Å². The van der Waals surface area contributed by atoms with Gasteiger partial charge in [0.25, 0.3) is 5.91 Å². The van der Waals surface area contributed by atoms with E-state index in [-0.39, 0.29) is 16.9 Å². The maximum absolute atomic E-state index is 12.3. The maximum atomic E-state index is 12.3. The maximum Gasteiger partial charge on any atom is 0.345 e. The van der Waals surface area contributed by atoms with E-state index < -0.39 is 5.97 Å². The van der Waals surface area contributed by atoms with Gasteiger partial charge in [0.2, 0.25) is 0 Å². The Labute approximate surface area is 115 Å². The van der Waals surface area contributed by atoms with Crippen molar-refractivity contribution in [1.82, 2.24) is 4.90 Å². The number of rotatable bonds is 4. The first-order chi connectivity index (χ1) is 9.11. The van der Waals surface area contributed by atoms with Gasteiger partial charge in [-0.1, -0.05) is 0 Å². The van der Waals surface area contributed by atoms with Crippen molar-refractivity contribution in [2.75, 3.05) is 19.7 Å². The van der Waals surface area contributed by atoms with Crippen LogP contribution >= 0.6 is 11.3 Å². The number of ether oxygens (including phenoxy) is 1. The molecule has 1 N–H and O–H groups in total. The number of aromatic carboxylic acids is 1. The summed E-state index contributed by atoms with van der Waals surface area (Å²) in [6.45, 7) is 3.89. The largest absolute Gasteiger partial charge is 0.477 e. The standard InChI is InChI=1S/C13H17NO4S/c1-2-18-9-4-3-7-14(8-9)12(15)10-5-6-11(19-10)13(16)17/h5-6,9H,2-4,7-8H2,1H3,(H,16,17). The van der Waals surface area contributed by atoms with Crippen LogP contribution in [-0.2, 0) is 4.74 Å². The molecule has 1 atom stereocenters. The van der Waals surface area contributed by atoms with E-state index in [9.17, 15) is 9.59 Å². The van der Waals surface area contributed by atoms with E-state index in [1.54, 1.807) is 11.0 Å². The van der Waals surface area contributed by atoms with Gasteiger partial charge < -0.3 is 14.7 Å². The van der Waals surface area contributed by atoms with Crippen molar-refractivity contribution in [2.24, 2.45) is 0 Å². The summed E-state index contributed by atoms with van der Waals surface area (Å²) in [5.74, 6) is -1.09. The fraction of sp³-hybridized carbons (Fsp3) is 0.538. The van der Waals surface area contributed by atoms with Crippen LogP contribution in [0, 0.1) is 0 Å². The van der Waals surface area contributed by atoms with Crippen molar-refractivity contribution in [3.8, 4) is 0 Å². The summed E-state index contributed by atoms with van der Waals surface area (Å²) in [4.78, 5) is 25.5. The number of hydrogen-bond donors (Lipinski definition) is 1. The van der Waals surface area contributed by atoms with Gasteiger partial charge in [-0.25, -0.2) is 4.79 Å². The molecule has 2 rings (SSSR count). The Bertz CT molecular complexity index is 469. The van der Waals surface area contributed by atoms with Gasteiger partial charge in [-0.2, -0.15) is 0 Å². The molecule has 2 heterocycles. The number of amides is 1. The first kappa shape index (κ1) is 14.0. The number of likely N-dealkylation sites (tertiary alicyclic amines) is 1. The summed E-state index contributed by atoms with van der Waals surface area (Å²) < 4.78 is 5.56. The summed E-state index contributed by atoms with van der Waals surface area (Å²) >= 11 is 1.03. The molecule has 0 aromatic carbocycles. The SMILES string of the molecule is CCOC1CCCN(C(=O)c2ccc(C(=O)O)s2)C1. The molecule has 1 amide bonds. The summed E-state index contributed by atoms with van der Waals surface area (Å²) in [5.41, 5.74) is 0. The predicted octanol–water partition coefficient (Wildman–Crippen LogP) is 2.09. The molecule has 1 aliphatic heterocycles. The molecule has 1 fully saturated rings. The topological polar surface area (TPSA) is 66.8 Å². The van der Waals surface area contributed by atoms with Gasteiger partial charge in [-0.15, -0.1) is 11.3 Å². The van der Waals surface area contributed by atoms with Gasteiger partial charge in [-0.3, -0.25) is 4.79 Å². The third-order valence-electron chi connectivity index (χ3n) is 3.10. The van der Waals surface area contributed by atoms with Gasteiger partial charge in [0, 0.05) is 19.7 Å². The van der Waals surface area contributed by atoms with Crippen LogP contribution in [0.3, 0.4) is 0 Å². The van der Waals surface area contributed by atoms with Crippen molar-refractivity contribution in [1.29, 1.82) is 0 Å². The highest BCUT2D eigenvalue weighted by Crippen LogP contribution is 2.21. The van der Waals surface area contributed by atoms with Crippen molar-refractivity contribution < 1.29 is 19.4 Å². The van der Waals surface area contributed by atoms with Crippen LogP contribution < -0.4 is 0 Å². The number of carbonyl (C=O) groups is 2. The molecule has 104 valence electrons. The first-order valence-electron chi connectivity index (χ1n) is 6.35. The Balaban J connectivity index is 2.03. The van der Waals surface area contributed by atoms with E-state index in [4.69, 9.17) is 9.84 Å². The number of piperidine rings is 1. The number of carbonyl (C=O) groups excluding carboxylic acids is 1. The molecular formula is C13H17NO4S. The number of nitrogens with zero attached hydrogens (tertiary/aromatic N) is 1. The Morgan fingerprint density at radius 1 is 1.47 bits per heavy atom. The molecular weight excluding hydrogens is 266 g/mol. The van der Waals surface area contributed by atoms with Gasteiger partial charge in [0.1, 0.15) is 4.88 Å². The fourth-order valence-electron chi connectivity index (χ4n) is 2.22. The molecule has 1 aliphatic rings. The van der Waals surface area contributed by atoms with E-state index in [2.05, 4.69) is 0 Å². The van der Waals surface area contributed by atoms with Crippen LogP contribution in [0.15, 0.2) is 12.1 Å². The predicted molar refractivity (Wildman–Crippen MR) is 71.8 cm³/mol. The number of carboxylic acids is 1. The molecule has 6 heteroatoms.